The maximum Gasteiger partial charge on any atom is 0.118 e. The van der Waals surface area contributed by atoms with Gasteiger partial charge in [0.2, 0.25) is 0 Å². The van der Waals surface area contributed by atoms with Crippen LogP contribution < -0.4 is 10.1 Å². The first-order valence-corrected chi connectivity index (χ1v) is 5.77. The summed E-state index contributed by atoms with van der Waals surface area (Å²) in [5.74, 6) is 0.866. The molecule has 0 spiro atoms. The molecule has 0 saturated carbocycles. The van der Waals surface area contributed by atoms with Crippen LogP contribution >= 0.6 is 0 Å². The number of hydrogen-bond donors (Lipinski definition) is 2. The molecule has 1 aliphatic heterocycles. The van der Waals surface area contributed by atoms with E-state index in [0.29, 0.717) is 0 Å². The number of hydrogen-bond acceptors (Lipinski definition) is 3. The molecule has 1 saturated heterocycles. The fourth-order valence-electron chi connectivity index (χ4n) is 2.39. The van der Waals surface area contributed by atoms with E-state index in [4.69, 9.17) is 4.74 Å². The zero-order valence-electron chi connectivity index (χ0n) is 9.70. The maximum absolute atomic E-state index is 9.66. The highest BCUT2D eigenvalue weighted by Gasteiger charge is 2.32. The van der Waals surface area contributed by atoms with E-state index < -0.39 is 0 Å². The van der Waals surface area contributed by atoms with E-state index in [2.05, 4.69) is 17.4 Å². The van der Waals surface area contributed by atoms with Crippen LogP contribution in [-0.2, 0) is 5.41 Å². The molecule has 1 fully saturated rings. The van der Waals surface area contributed by atoms with Crippen molar-refractivity contribution in [3.8, 4) is 5.75 Å². The summed E-state index contributed by atoms with van der Waals surface area (Å²) < 4.78 is 5.15. The van der Waals surface area contributed by atoms with Gasteiger partial charge in [-0.15, -0.1) is 0 Å². The van der Waals surface area contributed by atoms with Gasteiger partial charge in [0.05, 0.1) is 13.7 Å². The Morgan fingerprint density at radius 3 is 2.38 bits per heavy atom. The maximum atomic E-state index is 9.66. The number of piperidine rings is 1. The molecule has 1 aromatic carbocycles. The number of methoxy groups -OCH3 is 1. The Hall–Kier alpha value is -1.06. The van der Waals surface area contributed by atoms with Crippen LogP contribution in [0.5, 0.6) is 5.75 Å². The average molecular weight is 221 g/mol. The summed E-state index contributed by atoms with van der Waals surface area (Å²) in [4.78, 5) is 0. The Kier molecular flexibility index (Phi) is 3.46. The van der Waals surface area contributed by atoms with Gasteiger partial charge in [0, 0.05) is 5.41 Å². The minimum Gasteiger partial charge on any atom is -0.497 e. The topological polar surface area (TPSA) is 41.5 Å². The van der Waals surface area contributed by atoms with E-state index in [1.54, 1.807) is 7.11 Å². The number of aliphatic hydroxyl groups excluding tert-OH is 1. The molecule has 1 aliphatic rings. The van der Waals surface area contributed by atoms with Gasteiger partial charge in [0.1, 0.15) is 5.75 Å². The summed E-state index contributed by atoms with van der Waals surface area (Å²) >= 11 is 0. The molecule has 0 unspecified atom stereocenters. The van der Waals surface area contributed by atoms with Gasteiger partial charge in [0.25, 0.3) is 0 Å². The van der Waals surface area contributed by atoms with Crippen LogP contribution in [0.4, 0.5) is 0 Å². The molecule has 0 atom stereocenters. The molecule has 3 nitrogen and oxygen atoms in total. The van der Waals surface area contributed by atoms with Crippen LogP contribution in [-0.4, -0.2) is 31.9 Å². The Morgan fingerprint density at radius 1 is 1.25 bits per heavy atom. The zero-order valence-corrected chi connectivity index (χ0v) is 9.70. The minimum absolute atomic E-state index is 0.0580. The quantitative estimate of drug-likeness (QED) is 0.808. The van der Waals surface area contributed by atoms with Crippen LogP contribution in [0.3, 0.4) is 0 Å². The molecule has 2 rings (SSSR count). The molecule has 3 heteroatoms. The molecule has 1 aromatic rings. The van der Waals surface area contributed by atoms with E-state index in [9.17, 15) is 5.11 Å². The fourth-order valence-corrected chi connectivity index (χ4v) is 2.39. The highest BCUT2D eigenvalue weighted by molar-refractivity contribution is 5.33. The van der Waals surface area contributed by atoms with Crippen molar-refractivity contribution in [2.75, 3.05) is 26.8 Å². The Labute approximate surface area is 96.4 Å². The third-order valence-corrected chi connectivity index (χ3v) is 3.57. The molecule has 88 valence electrons. The second kappa shape index (κ2) is 4.85. The molecule has 1 heterocycles. The van der Waals surface area contributed by atoms with Gasteiger partial charge < -0.3 is 15.2 Å². The average Bonchev–Trinajstić information content (AvgIpc) is 2.39. The van der Waals surface area contributed by atoms with Gasteiger partial charge in [-0.25, -0.2) is 0 Å². The molecule has 2 N–H and O–H groups in total. The van der Waals surface area contributed by atoms with Crippen LogP contribution in [0.25, 0.3) is 0 Å². The van der Waals surface area contributed by atoms with Crippen LogP contribution in [0.1, 0.15) is 18.4 Å². The van der Waals surface area contributed by atoms with Gasteiger partial charge >= 0.3 is 0 Å². The summed E-state index contributed by atoms with van der Waals surface area (Å²) in [5.41, 5.74) is 1.16. The lowest BCUT2D eigenvalue weighted by Crippen LogP contribution is -2.42. The van der Waals surface area contributed by atoms with Gasteiger partial charge in [-0.3, -0.25) is 0 Å². The van der Waals surface area contributed by atoms with Gasteiger partial charge in [-0.05, 0) is 43.6 Å². The summed E-state index contributed by atoms with van der Waals surface area (Å²) in [6.45, 7) is 2.18. The van der Waals surface area contributed by atoms with Crippen molar-refractivity contribution in [1.29, 1.82) is 0 Å². The first-order valence-electron chi connectivity index (χ1n) is 5.77. The van der Waals surface area contributed by atoms with E-state index in [1.165, 1.54) is 5.56 Å². The summed E-state index contributed by atoms with van der Waals surface area (Å²) in [7, 11) is 1.67. The standard InChI is InChI=1S/C13H19NO2/c1-16-12-4-2-11(3-5-12)13(10-15)6-8-14-9-7-13/h2-5,14-15H,6-10H2,1H3. The molecule has 16 heavy (non-hydrogen) atoms. The van der Waals surface area contributed by atoms with E-state index in [-0.39, 0.29) is 12.0 Å². The minimum atomic E-state index is -0.0580. The van der Waals surface area contributed by atoms with Crippen molar-refractivity contribution < 1.29 is 9.84 Å². The van der Waals surface area contributed by atoms with Crippen molar-refractivity contribution in [2.45, 2.75) is 18.3 Å². The summed E-state index contributed by atoms with van der Waals surface area (Å²) in [6.07, 6.45) is 1.99. The van der Waals surface area contributed by atoms with Gasteiger partial charge in [-0.1, -0.05) is 12.1 Å². The number of ether oxygens (including phenoxy) is 1. The normalized spacial score (nSPS) is 19.4. The molecular weight excluding hydrogens is 202 g/mol. The molecule has 0 bridgehead atoms. The van der Waals surface area contributed by atoms with Crippen molar-refractivity contribution in [2.24, 2.45) is 0 Å². The molecule has 0 radical (unpaired) electrons. The smallest absolute Gasteiger partial charge is 0.118 e. The summed E-state index contributed by atoms with van der Waals surface area (Å²) in [6, 6.07) is 8.07. The van der Waals surface area contributed by atoms with Crippen molar-refractivity contribution in [1.82, 2.24) is 5.32 Å². The third-order valence-electron chi connectivity index (χ3n) is 3.57. The fraction of sp³-hybridized carbons (Fsp3) is 0.538. The number of aliphatic hydroxyl groups is 1. The third kappa shape index (κ3) is 2.06. The van der Waals surface area contributed by atoms with Crippen LogP contribution in [0, 0.1) is 0 Å². The lowest BCUT2D eigenvalue weighted by molar-refractivity contribution is 0.158. The SMILES string of the molecule is COc1ccc(C2(CO)CCNCC2)cc1. The highest BCUT2D eigenvalue weighted by Crippen LogP contribution is 2.33. The number of benzene rings is 1. The van der Waals surface area contributed by atoms with E-state index in [1.807, 2.05) is 12.1 Å². The highest BCUT2D eigenvalue weighted by atomic mass is 16.5. The Balaban J connectivity index is 2.24. The second-order valence-electron chi connectivity index (χ2n) is 4.42. The van der Waals surface area contributed by atoms with Crippen molar-refractivity contribution in [3.63, 3.8) is 0 Å². The Bertz CT molecular complexity index is 328. The number of rotatable bonds is 3. The van der Waals surface area contributed by atoms with Crippen LogP contribution in [0.2, 0.25) is 0 Å². The van der Waals surface area contributed by atoms with Crippen LogP contribution in [0.15, 0.2) is 24.3 Å². The summed E-state index contributed by atoms with van der Waals surface area (Å²) in [5, 5.41) is 13.0. The Morgan fingerprint density at radius 2 is 1.88 bits per heavy atom. The van der Waals surface area contributed by atoms with E-state index >= 15 is 0 Å². The largest absolute Gasteiger partial charge is 0.497 e. The first kappa shape index (κ1) is 11.4. The monoisotopic (exact) mass is 221 g/mol. The molecule has 0 amide bonds. The molecular formula is C13H19NO2. The zero-order chi connectivity index (χ0) is 11.4. The van der Waals surface area contributed by atoms with Gasteiger partial charge in [-0.2, -0.15) is 0 Å². The molecule has 0 aliphatic carbocycles. The first-order chi connectivity index (χ1) is 7.80. The predicted molar refractivity (Wildman–Crippen MR) is 63.9 cm³/mol. The lowest BCUT2D eigenvalue weighted by atomic mass is 9.74. The van der Waals surface area contributed by atoms with E-state index in [0.717, 1.165) is 31.7 Å². The lowest BCUT2D eigenvalue weighted by Gasteiger charge is -2.36. The van der Waals surface area contributed by atoms with Crippen molar-refractivity contribution >= 4 is 0 Å². The van der Waals surface area contributed by atoms with Crippen molar-refractivity contribution in [3.05, 3.63) is 29.8 Å². The predicted octanol–water partition coefficient (Wildman–Crippen LogP) is 1.31. The second-order valence-corrected chi connectivity index (χ2v) is 4.42. The van der Waals surface area contributed by atoms with Gasteiger partial charge in [0.15, 0.2) is 0 Å². The number of nitrogens with one attached hydrogen (secondary N) is 1. The molecule has 0 aromatic heterocycles.